The van der Waals surface area contributed by atoms with E-state index in [1.165, 1.54) is 25.7 Å². The van der Waals surface area contributed by atoms with E-state index >= 15 is 0 Å². The summed E-state index contributed by atoms with van der Waals surface area (Å²) in [5, 5.41) is 3.58. The molecule has 4 atom stereocenters. The Hall–Kier alpha value is -1.32. The smallest absolute Gasteiger partial charge is 0.133 e. The van der Waals surface area contributed by atoms with Crippen molar-refractivity contribution < 1.29 is 0 Å². The second-order valence-electron chi connectivity index (χ2n) is 6.62. The van der Waals surface area contributed by atoms with Crippen LogP contribution in [0.15, 0.2) is 6.07 Å². The van der Waals surface area contributed by atoms with Gasteiger partial charge in [0.2, 0.25) is 0 Å². The maximum Gasteiger partial charge on any atom is 0.133 e. The summed E-state index contributed by atoms with van der Waals surface area (Å²) < 4.78 is 0. The molecule has 0 saturated heterocycles. The monoisotopic (exact) mass is 274 g/mol. The molecule has 2 aliphatic rings. The third-order valence-corrected chi connectivity index (χ3v) is 5.08. The maximum absolute atomic E-state index is 5.89. The van der Waals surface area contributed by atoms with Gasteiger partial charge in [-0.05, 0) is 50.4 Å². The molecule has 1 aromatic heterocycles. The summed E-state index contributed by atoms with van der Waals surface area (Å²) in [6, 6.07) is 2.34. The van der Waals surface area contributed by atoms with Crippen molar-refractivity contribution in [3.63, 3.8) is 0 Å². The van der Waals surface area contributed by atoms with Crippen molar-refractivity contribution >= 4 is 11.6 Å². The van der Waals surface area contributed by atoms with E-state index in [-0.39, 0.29) is 0 Å². The average molecular weight is 274 g/mol. The highest BCUT2D eigenvalue weighted by atomic mass is 15.1. The Morgan fingerprint density at radius 3 is 2.85 bits per heavy atom. The molecule has 0 radical (unpaired) electrons. The molecular weight excluding hydrogens is 248 g/mol. The third kappa shape index (κ3) is 2.74. The quantitative estimate of drug-likeness (QED) is 0.865. The molecule has 2 bridgehead atoms. The molecule has 2 saturated carbocycles. The van der Waals surface area contributed by atoms with Crippen molar-refractivity contribution in [1.29, 1.82) is 0 Å². The molecule has 4 unspecified atom stereocenters. The molecule has 20 heavy (non-hydrogen) atoms. The second-order valence-corrected chi connectivity index (χ2v) is 6.62. The van der Waals surface area contributed by atoms with Gasteiger partial charge in [-0.3, -0.25) is 0 Å². The SMILES string of the molecule is CCCc1nc(N)cc(NC(C)C2CC3CCC2C3)n1. The third-order valence-electron chi connectivity index (χ3n) is 5.08. The molecule has 0 aromatic carbocycles. The maximum atomic E-state index is 5.89. The predicted octanol–water partition coefficient (Wildman–Crippen LogP) is 3.25. The lowest BCUT2D eigenvalue weighted by Crippen LogP contribution is -2.30. The Morgan fingerprint density at radius 2 is 2.20 bits per heavy atom. The van der Waals surface area contributed by atoms with Crippen LogP contribution >= 0.6 is 0 Å². The van der Waals surface area contributed by atoms with Crippen LogP contribution in [0, 0.1) is 17.8 Å². The summed E-state index contributed by atoms with van der Waals surface area (Å²) in [6.07, 6.45) is 7.65. The van der Waals surface area contributed by atoms with Crippen molar-refractivity contribution in [2.24, 2.45) is 17.8 Å². The summed E-state index contributed by atoms with van der Waals surface area (Å²) in [7, 11) is 0. The Bertz CT molecular complexity index is 474. The molecule has 2 fully saturated rings. The fourth-order valence-corrected chi connectivity index (χ4v) is 4.17. The number of nitrogens with zero attached hydrogens (tertiary/aromatic N) is 2. The molecule has 0 aliphatic heterocycles. The van der Waals surface area contributed by atoms with E-state index in [9.17, 15) is 0 Å². The van der Waals surface area contributed by atoms with Gasteiger partial charge in [0.1, 0.15) is 17.5 Å². The van der Waals surface area contributed by atoms with Crippen LogP contribution in [0.5, 0.6) is 0 Å². The second kappa shape index (κ2) is 5.58. The van der Waals surface area contributed by atoms with Crippen LogP contribution < -0.4 is 11.1 Å². The Labute approximate surface area is 121 Å². The summed E-state index contributed by atoms with van der Waals surface area (Å²) in [5.74, 6) is 5.05. The highest BCUT2D eigenvalue weighted by molar-refractivity contribution is 5.45. The number of fused-ring (bicyclic) bond motifs is 2. The molecule has 110 valence electrons. The Morgan fingerprint density at radius 1 is 1.35 bits per heavy atom. The van der Waals surface area contributed by atoms with Crippen LogP contribution in [0.4, 0.5) is 11.6 Å². The van der Waals surface area contributed by atoms with Crippen LogP contribution in [-0.4, -0.2) is 16.0 Å². The molecule has 4 heteroatoms. The van der Waals surface area contributed by atoms with Crippen molar-refractivity contribution in [1.82, 2.24) is 9.97 Å². The van der Waals surface area contributed by atoms with E-state index in [0.29, 0.717) is 11.9 Å². The number of hydrogen-bond donors (Lipinski definition) is 2. The molecule has 0 amide bonds. The van der Waals surface area contributed by atoms with E-state index in [0.717, 1.165) is 42.2 Å². The first kappa shape index (κ1) is 13.7. The van der Waals surface area contributed by atoms with Gasteiger partial charge in [-0.25, -0.2) is 9.97 Å². The Balaban J connectivity index is 1.67. The van der Waals surface area contributed by atoms with E-state index in [4.69, 9.17) is 5.73 Å². The van der Waals surface area contributed by atoms with Crippen molar-refractivity contribution in [2.75, 3.05) is 11.1 Å². The number of aromatic nitrogens is 2. The van der Waals surface area contributed by atoms with Crippen LogP contribution in [-0.2, 0) is 6.42 Å². The summed E-state index contributed by atoms with van der Waals surface area (Å²) in [6.45, 7) is 4.43. The lowest BCUT2D eigenvalue weighted by molar-refractivity contribution is 0.304. The van der Waals surface area contributed by atoms with E-state index in [1.54, 1.807) is 0 Å². The van der Waals surface area contributed by atoms with Gasteiger partial charge < -0.3 is 11.1 Å². The van der Waals surface area contributed by atoms with Gasteiger partial charge in [0.05, 0.1) is 0 Å². The first-order chi connectivity index (χ1) is 9.65. The van der Waals surface area contributed by atoms with Gasteiger partial charge in [0, 0.05) is 18.5 Å². The van der Waals surface area contributed by atoms with Gasteiger partial charge in [-0.15, -0.1) is 0 Å². The summed E-state index contributed by atoms with van der Waals surface area (Å²) >= 11 is 0. The van der Waals surface area contributed by atoms with Crippen molar-refractivity contribution in [3.05, 3.63) is 11.9 Å². The van der Waals surface area contributed by atoms with Gasteiger partial charge >= 0.3 is 0 Å². The highest BCUT2D eigenvalue weighted by Gasteiger charge is 2.41. The van der Waals surface area contributed by atoms with Crippen molar-refractivity contribution in [3.8, 4) is 0 Å². The normalized spacial score (nSPS) is 29.6. The van der Waals surface area contributed by atoms with Gasteiger partial charge in [0.25, 0.3) is 0 Å². The van der Waals surface area contributed by atoms with Gasteiger partial charge in [-0.2, -0.15) is 0 Å². The topological polar surface area (TPSA) is 63.8 Å². The minimum absolute atomic E-state index is 0.481. The summed E-state index contributed by atoms with van der Waals surface area (Å²) in [5.41, 5.74) is 5.89. The predicted molar refractivity (Wildman–Crippen MR) is 82.5 cm³/mol. The standard InChI is InChI=1S/C16H26N4/c1-3-4-15-19-14(17)9-16(20-15)18-10(2)13-8-11-5-6-12(13)7-11/h9-13H,3-8H2,1-2H3,(H3,17,18,19,20). The minimum atomic E-state index is 0.481. The highest BCUT2D eigenvalue weighted by Crippen LogP contribution is 2.49. The number of hydrogen-bond acceptors (Lipinski definition) is 4. The lowest BCUT2D eigenvalue weighted by atomic mass is 9.84. The molecule has 0 spiro atoms. The molecular formula is C16H26N4. The van der Waals surface area contributed by atoms with Crippen LogP contribution in [0.25, 0.3) is 0 Å². The number of anilines is 2. The first-order valence-corrected chi connectivity index (χ1v) is 8.05. The molecule has 1 heterocycles. The lowest BCUT2D eigenvalue weighted by Gasteiger charge is -2.29. The van der Waals surface area contributed by atoms with Gasteiger partial charge in [-0.1, -0.05) is 13.3 Å². The fraction of sp³-hybridized carbons (Fsp3) is 0.750. The van der Waals surface area contributed by atoms with Crippen LogP contribution in [0.3, 0.4) is 0 Å². The van der Waals surface area contributed by atoms with E-state index < -0.39 is 0 Å². The largest absolute Gasteiger partial charge is 0.384 e. The van der Waals surface area contributed by atoms with Crippen LogP contribution in [0.2, 0.25) is 0 Å². The minimum Gasteiger partial charge on any atom is -0.384 e. The van der Waals surface area contributed by atoms with E-state index in [2.05, 4.69) is 29.1 Å². The number of rotatable bonds is 5. The fourth-order valence-electron chi connectivity index (χ4n) is 4.17. The average Bonchev–Trinajstić information content (AvgIpc) is 3.00. The molecule has 4 nitrogen and oxygen atoms in total. The molecule has 3 rings (SSSR count). The summed E-state index contributed by atoms with van der Waals surface area (Å²) in [4.78, 5) is 8.89. The van der Waals surface area contributed by atoms with E-state index in [1.807, 2.05) is 6.07 Å². The zero-order chi connectivity index (χ0) is 14.1. The number of nitrogens with two attached hydrogens (primary N) is 1. The van der Waals surface area contributed by atoms with Crippen molar-refractivity contribution in [2.45, 2.75) is 58.4 Å². The van der Waals surface area contributed by atoms with Gasteiger partial charge in [0.15, 0.2) is 0 Å². The molecule has 1 aromatic rings. The Kier molecular flexibility index (Phi) is 3.81. The zero-order valence-corrected chi connectivity index (χ0v) is 12.6. The number of aryl methyl sites for hydroxylation is 1. The van der Waals surface area contributed by atoms with Crippen LogP contribution in [0.1, 0.15) is 51.8 Å². The zero-order valence-electron chi connectivity index (χ0n) is 12.6. The number of nitrogens with one attached hydrogen (secondary N) is 1. The number of nitrogen functional groups attached to an aromatic ring is 1. The first-order valence-electron chi connectivity index (χ1n) is 8.05. The molecule has 2 aliphatic carbocycles. The molecule has 3 N–H and O–H groups in total.